The van der Waals surface area contributed by atoms with Gasteiger partial charge in [-0.05, 0) is 122 Å². The molecular formula is C27H46N4O. The molecule has 9 atom stereocenters. The number of azide groups is 1. The Balaban J connectivity index is 1.41. The number of hydrogen-bond donors (Lipinski definition) is 1. The van der Waals surface area contributed by atoms with Crippen LogP contribution in [0.2, 0.25) is 0 Å². The molecule has 180 valence electrons. The average molecular weight is 443 g/mol. The molecule has 1 N–H and O–H groups in total. The highest BCUT2D eigenvalue weighted by atomic mass is 16.1. The summed E-state index contributed by atoms with van der Waals surface area (Å²) in [5.41, 5.74) is 9.83. The molecule has 0 saturated heterocycles. The summed E-state index contributed by atoms with van der Waals surface area (Å²) in [5, 5.41) is 7.16. The van der Waals surface area contributed by atoms with Crippen molar-refractivity contribution >= 4 is 5.91 Å². The van der Waals surface area contributed by atoms with E-state index < -0.39 is 0 Å². The lowest BCUT2D eigenvalue weighted by molar-refractivity contribution is -0.122. The van der Waals surface area contributed by atoms with Crippen LogP contribution in [0.3, 0.4) is 0 Å². The molecule has 1 amide bonds. The minimum Gasteiger partial charge on any atom is -0.356 e. The zero-order chi connectivity index (χ0) is 22.9. The standard InChI is InChI=1S/C27H46N4O/c1-5-16-29-25(32)11-6-18(2)22-9-10-23-21-8-7-19-17-20(30-31-28)12-14-26(19,3)24(21)13-15-27(22,23)4/h18-24H,5-17H2,1-4H3,(H,29,32)/t18-,19-,20?,21+,22-,23+,24+,26+,27-/m1/s1. The Labute approximate surface area is 195 Å². The van der Waals surface area contributed by atoms with Gasteiger partial charge in [-0.1, -0.05) is 32.8 Å². The van der Waals surface area contributed by atoms with Gasteiger partial charge in [0.15, 0.2) is 0 Å². The number of amides is 1. The zero-order valence-corrected chi connectivity index (χ0v) is 21.0. The topological polar surface area (TPSA) is 77.9 Å². The summed E-state index contributed by atoms with van der Waals surface area (Å²) >= 11 is 0. The summed E-state index contributed by atoms with van der Waals surface area (Å²) in [6, 6.07) is 0.231. The summed E-state index contributed by atoms with van der Waals surface area (Å²) < 4.78 is 0. The number of carbonyl (C=O) groups excluding carboxylic acids is 1. The fraction of sp³-hybridized carbons (Fsp3) is 0.963. The Morgan fingerprint density at radius 3 is 2.59 bits per heavy atom. The second kappa shape index (κ2) is 9.57. The summed E-state index contributed by atoms with van der Waals surface area (Å²) in [6.07, 6.45) is 14.4. The molecule has 0 spiro atoms. The predicted octanol–water partition coefficient (Wildman–Crippen LogP) is 7.27. The third-order valence-electron chi connectivity index (χ3n) is 11.0. The van der Waals surface area contributed by atoms with Gasteiger partial charge in [0.2, 0.25) is 5.91 Å². The zero-order valence-electron chi connectivity index (χ0n) is 21.0. The highest BCUT2D eigenvalue weighted by Gasteiger charge is 2.60. The van der Waals surface area contributed by atoms with Gasteiger partial charge in [-0.25, -0.2) is 0 Å². The molecule has 4 aliphatic rings. The fourth-order valence-corrected chi connectivity index (χ4v) is 9.30. The molecule has 0 aliphatic heterocycles. The molecule has 32 heavy (non-hydrogen) atoms. The van der Waals surface area contributed by atoms with Crippen molar-refractivity contribution in [2.75, 3.05) is 6.54 Å². The van der Waals surface area contributed by atoms with Crippen LogP contribution in [-0.2, 0) is 4.79 Å². The van der Waals surface area contributed by atoms with Gasteiger partial charge in [-0.2, -0.15) is 0 Å². The highest BCUT2D eigenvalue weighted by Crippen LogP contribution is 2.68. The number of nitrogens with one attached hydrogen (secondary N) is 1. The number of nitrogens with zero attached hydrogens (tertiary/aromatic N) is 3. The van der Waals surface area contributed by atoms with E-state index in [1.54, 1.807) is 0 Å². The largest absolute Gasteiger partial charge is 0.356 e. The van der Waals surface area contributed by atoms with Crippen molar-refractivity contribution in [1.29, 1.82) is 0 Å². The SMILES string of the molecule is CCCNC(=O)CC[C@@H](C)[C@H]1CC[C@H]2[C@@H]3CC[C@@H]4CC(N=[N+]=[N-])CC[C@]4(C)[C@H]3CC[C@]12C. The fourth-order valence-electron chi connectivity index (χ4n) is 9.30. The molecule has 0 radical (unpaired) electrons. The van der Waals surface area contributed by atoms with E-state index in [4.69, 9.17) is 5.53 Å². The van der Waals surface area contributed by atoms with Crippen LogP contribution < -0.4 is 5.32 Å². The molecule has 0 aromatic carbocycles. The Bertz CT molecular complexity index is 733. The first kappa shape index (κ1) is 23.9. The van der Waals surface area contributed by atoms with Gasteiger partial charge < -0.3 is 5.32 Å². The second-order valence-electron chi connectivity index (χ2n) is 12.4. The van der Waals surface area contributed by atoms with Gasteiger partial charge in [-0.3, -0.25) is 4.79 Å². The number of rotatable bonds is 7. The Morgan fingerprint density at radius 2 is 1.84 bits per heavy atom. The minimum absolute atomic E-state index is 0.231. The van der Waals surface area contributed by atoms with E-state index in [-0.39, 0.29) is 11.9 Å². The van der Waals surface area contributed by atoms with Crippen molar-refractivity contribution in [2.45, 2.75) is 111 Å². The van der Waals surface area contributed by atoms with Crippen LogP contribution in [0.5, 0.6) is 0 Å². The Hall–Kier alpha value is -1.22. The van der Waals surface area contributed by atoms with Crippen LogP contribution >= 0.6 is 0 Å². The Morgan fingerprint density at radius 1 is 1.09 bits per heavy atom. The minimum atomic E-state index is 0.231. The summed E-state index contributed by atoms with van der Waals surface area (Å²) in [6.45, 7) is 10.5. The van der Waals surface area contributed by atoms with Gasteiger partial charge in [0.25, 0.3) is 0 Å². The summed E-state index contributed by atoms with van der Waals surface area (Å²) in [4.78, 5) is 15.3. The van der Waals surface area contributed by atoms with E-state index in [0.717, 1.165) is 61.8 Å². The maximum atomic E-state index is 12.2. The van der Waals surface area contributed by atoms with Crippen molar-refractivity contribution in [3.8, 4) is 0 Å². The van der Waals surface area contributed by atoms with Crippen LogP contribution in [0, 0.1) is 46.3 Å². The van der Waals surface area contributed by atoms with E-state index in [0.29, 0.717) is 23.2 Å². The summed E-state index contributed by atoms with van der Waals surface area (Å²) in [5.74, 6) is 5.02. The molecule has 0 bridgehead atoms. The maximum absolute atomic E-state index is 12.2. The van der Waals surface area contributed by atoms with E-state index in [1.165, 1.54) is 44.9 Å². The van der Waals surface area contributed by atoms with Crippen LogP contribution in [0.1, 0.15) is 105 Å². The lowest BCUT2D eigenvalue weighted by Gasteiger charge is -2.61. The molecule has 0 heterocycles. The molecule has 4 aliphatic carbocycles. The smallest absolute Gasteiger partial charge is 0.220 e. The normalized spacial score (nSPS) is 43.9. The first-order valence-corrected chi connectivity index (χ1v) is 13.6. The van der Waals surface area contributed by atoms with Crippen LogP contribution in [0.4, 0.5) is 0 Å². The van der Waals surface area contributed by atoms with Crippen molar-refractivity contribution < 1.29 is 4.79 Å². The first-order valence-electron chi connectivity index (χ1n) is 13.6. The molecule has 4 fully saturated rings. The highest BCUT2D eigenvalue weighted by molar-refractivity contribution is 5.75. The van der Waals surface area contributed by atoms with Crippen molar-refractivity contribution in [1.82, 2.24) is 5.32 Å². The molecule has 5 nitrogen and oxygen atoms in total. The molecule has 0 aromatic rings. The first-order chi connectivity index (χ1) is 15.3. The van der Waals surface area contributed by atoms with Gasteiger partial charge in [0.05, 0.1) is 0 Å². The third-order valence-corrected chi connectivity index (χ3v) is 11.0. The monoisotopic (exact) mass is 442 g/mol. The van der Waals surface area contributed by atoms with E-state index >= 15 is 0 Å². The molecule has 4 saturated carbocycles. The number of fused-ring (bicyclic) bond motifs is 5. The van der Waals surface area contributed by atoms with E-state index in [9.17, 15) is 4.79 Å². The van der Waals surface area contributed by atoms with E-state index in [1.807, 2.05) is 0 Å². The predicted molar refractivity (Wildman–Crippen MR) is 130 cm³/mol. The average Bonchev–Trinajstić information content (AvgIpc) is 3.13. The van der Waals surface area contributed by atoms with Crippen molar-refractivity contribution in [3.05, 3.63) is 10.4 Å². The second-order valence-corrected chi connectivity index (χ2v) is 12.4. The van der Waals surface area contributed by atoms with Gasteiger partial charge in [0.1, 0.15) is 0 Å². The molecule has 0 aromatic heterocycles. The van der Waals surface area contributed by atoms with Crippen molar-refractivity contribution in [3.63, 3.8) is 0 Å². The number of hydrogen-bond acceptors (Lipinski definition) is 2. The van der Waals surface area contributed by atoms with Crippen LogP contribution in [0.25, 0.3) is 10.4 Å². The van der Waals surface area contributed by atoms with Gasteiger partial charge in [-0.15, -0.1) is 0 Å². The lowest BCUT2D eigenvalue weighted by Crippen LogP contribution is -2.54. The molecule has 1 unspecified atom stereocenters. The van der Waals surface area contributed by atoms with E-state index in [2.05, 4.69) is 43.0 Å². The molecular weight excluding hydrogens is 396 g/mol. The quantitative estimate of drug-likeness (QED) is 0.251. The van der Waals surface area contributed by atoms with Crippen LogP contribution in [0.15, 0.2) is 5.11 Å². The van der Waals surface area contributed by atoms with Gasteiger partial charge in [0, 0.05) is 23.9 Å². The Kier molecular flexibility index (Phi) is 7.15. The van der Waals surface area contributed by atoms with Crippen molar-refractivity contribution in [2.24, 2.45) is 51.5 Å². The summed E-state index contributed by atoms with van der Waals surface area (Å²) in [7, 11) is 0. The molecule has 5 heteroatoms. The third kappa shape index (κ3) is 4.19. The van der Waals surface area contributed by atoms with Gasteiger partial charge >= 0.3 is 0 Å². The number of carbonyl (C=O) groups is 1. The molecule has 4 rings (SSSR count). The maximum Gasteiger partial charge on any atom is 0.220 e. The van der Waals surface area contributed by atoms with Crippen LogP contribution in [-0.4, -0.2) is 18.5 Å². The lowest BCUT2D eigenvalue weighted by atomic mass is 9.44.